The average Bonchev–Trinajstić information content (AvgIpc) is 2.24. The number of rotatable bonds is 3. The van der Waals surface area contributed by atoms with E-state index in [1.807, 2.05) is 27.0 Å². The third kappa shape index (κ3) is 4.24. The van der Waals surface area contributed by atoms with E-state index >= 15 is 0 Å². The van der Waals surface area contributed by atoms with E-state index in [1.54, 1.807) is 6.07 Å². The quantitative estimate of drug-likeness (QED) is 0.624. The van der Waals surface area contributed by atoms with Crippen LogP contribution in [0.25, 0.3) is 0 Å². The minimum absolute atomic E-state index is 0.314. The maximum Gasteiger partial charge on any atom is 0.144 e. The molecule has 0 aliphatic carbocycles. The third-order valence-electron chi connectivity index (χ3n) is 2.00. The zero-order valence-corrected chi connectivity index (χ0v) is 12.0. The predicted molar refractivity (Wildman–Crippen MR) is 73.7 cm³/mol. The zero-order valence-electron chi connectivity index (χ0n) is 10.4. The van der Waals surface area contributed by atoms with Crippen molar-refractivity contribution in [1.82, 2.24) is 0 Å². The van der Waals surface area contributed by atoms with Gasteiger partial charge in [-0.2, -0.15) is 4.40 Å². The number of hydrogen-bond acceptors (Lipinski definition) is 2. The largest absolute Gasteiger partial charge is 0.234 e. The SMILES string of the molecule is CSc1ccc(F)cc1C=N[S@](=O)C(C)(C)C. The lowest BCUT2D eigenvalue weighted by molar-refractivity contribution is 0.626. The third-order valence-corrected chi connectivity index (χ3v) is 4.16. The molecule has 0 radical (unpaired) electrons. The van der Waals surface area contributed by atoms with Gasteiger partial charge >= 0.3 is 0 Å². The van der Waals surface area contributed by atoms with Crippen molar-refractivity contribution in [2.75, 3.05) is 6.26 Å². The lowest BCUT2D eigenvalue weighted by atomic mass is 10.2. The van der Waals surface area contributed by atoms with Gasteiger partial charge in [-0.05, 0) is 45.2 Å². The number of nitrogens with zero attached hydrogens (tertiary/aromatic N) is 1. The summed E-state index contributed by atoms with van der Waals surface area (Å²) in [4.78, 5) is 0.918. The first kappa shape index (κ1) is 14.4. The van der Waals surface area contributed by atoms with Gasteiger partial charge < -0.3 is 0 Å². The average molecular weight is 273 g/mol. The molecule has 17 heavy (non-hydrogen) atoms. The second-order valence-electron chi connectivity index (χ2n) is 4.48. The fourth-order valence-electron chi connectivity index (χ4n) is 1.07. The Morgan fingerprint density at radius 2 is 2.06 bits per heavy atom. The van der Waals surface area contributed by atoms with Crippen LogP contribution >= 0.6 is 11.8 Å². The van der Waals surface area contributed by atoms with Crippen molar-refractivity contribution >= 4 is 29.0 Å². The van der Waals surface area contributed by atoms with Crippen LogP contribution in [-0.4, -0.2) is 21.4 Å². The van der Waals surface area contributed by atoms with Gasteiger partial charge in [0.25, 0.3) is 0 Å². The molecule has 0 heterocycles. The first-order chi connectivity index (χ1) is 7.84. The topological polar surface area (TPSA) is 29.4 Å². The van der Waals surface area contributed by atoms with Crippen molar-refractivity contribution in [2.24, 2.45) is 4.40 Å². The molecule has 0 fully saturated rings. The van der Waals surface area contributed by atoms with E-state index in [0.29, 0.717) is 5.56 Å². The smallest absolute Gasteiger partial charge is 0.144 e. The van der Waals surface area contributed by atoms with Gasteiger partial charge in [0, 0.05) is 16.7 Å². The molecule has 0 saturated heterocycles. The first-order valence-corrected chi connectivity index (χ1v) is 7.47. The molecule has 5 heteroatoms. The standard InChI is InChI=1S/C12H16FNOS2/c1-12(2,3)17(15)14-8-9-7-10(13)5-6-11(9)16-4/h5-8H,1-4H3/t17-/m1/s1. The van der Waals surface area contributed by atoms with Gasteiger partial charge in [-0.3, -0.25) is 0 Å². The van der Waals surface area contributed by atoms with E-state index in [4.69, 9.17) is 0 Å². The lowest BCUT2D eigenvalue weighted by Crippen LogP contribution is -2.19. The van der Waals surface area contributed by atoms with Gasteiger partial charge in [0.2, 0.25) is 0 Å². The Bertz CT molecular complexity index is 452. The van der Waals surface area contributed by atoms with E-state index in [0.717, 1.165) is 4.90 Å². The Morgan fingerprint density at radius 1 is 1.41 bits per heavy atom. The van der Waals surface area contributed by atoms with Crippen LogP contribution in [0, 0.1) is 5.82 Å². The Balaban J connectivity index is 2.98. The predicted octanol–water partition coefficient (Wildman–Crippen LogP) is 3.43. The number of halogens is 1. The van der Waals surface area contributed by atoms with Crippen LogP contribution in [0.5, 0.6) is 0 Å². The Hall–Kier alpha value is -0.680. The highest BCUT2D eigenvalue weighted by molar-refractivity contribution is 7.98. The van der Waals surface area contributed by atoms with Crippen molar-refractivity contribution in [3.05, 3.63) is 29.6 Å². The van der Waals surface area contributed by atoms with Crippen molar-refractivity contribution in [2.45, 2.75) is 30.4 Å². The summed E-state index contributed by atoms with van der Waals surface area (Å²) in [6.07, 6.45) is 3.39. The Morgan fingerprint density at radius 3 is 2.59 bits per heavy atom. The van der Waals surface area contributed by atoms with Gasteiger partial charge in [-0.25, -0.2) is 8.60 Å². The van der Waals surface area contributed by atoms with Gasteiger partial charge in [0.05, 0.1) is 4.75 Å². The van der Waals surface area contributed by atoms with Crippen LogP contribution in [0.1, 0.15) is 26.3 Å². The highest BCUT2D eigenvalue weighted by Gasteiger charge is 2.18. The highest BCUT2D eigenvalue weighted by atomic mass is 32.2. The summed E-state index contributed by atoms with van der Waals surface area (Å²) in [5.41, 5.74) is 0.662. The number of thioether (sulfide) groups is 1. The minimum atomic E-state index is -1.32. The van der Waals surface area contributed by atoms with Crippen molar-refractivity contribution in [1.29, 1.82) is 0 Å². The lowest BCUT2D eigenvalue weighted by Gasteiger charge is -2.12. The molecule has 0 saturated carbocycles. The molecule has 0 aliphatic rings. The van der Waals surface area contributed by atoms with Gasteiger partial charge in [-0.1, -0.05) is 0 Å². The summed E-state index contributed by atoms with van der Waals surface area (Å²) in [6, 6.07) is 4.50. The Kier molecular flexibility index (Phi) is 4.89. The fraction of sp³-hybridized carbons (Fsp3) is 0.417. The second kappa shape index (κ2) is 5.78. The van der Waals surface area contributed by atoms with Crippen LogP contribution in [0.4, 0.5) is 4.39 Å². The number of hydrogen-bond donors (Lipinski definition) is 0. The highest BCUT2D eigenvalue weighted by Crippen LogP contribution is 2.20. The maximum atomic E-state index is 13.1. The summed E-state index contributed by atoms with van der Waals surface area (Å²) in [7, 11) is -1.32. The van der Waals surface area contributed by atoms with Gasteiger partial charge in [0.15, 0.2) is 0 Å². The monoisotopic (exact) mass is 273 g/mol. The van der Waals surface area contributed by atoms with E-state index in [9.17, 15) is 8.60 Å². The van der Waals surface area contributed by atoms with E-state index in [2.05, 4.69) is 4.40 Å². The van der Waals surface area contributed by atoms with E-state index in [1.165, 1.54) is 30.1 Å². The van der Waals surface area contributed by atoms with Crippen LogP contribution < -0.4 is 0 Å². The van der Waals surface area contributed by atoms with E-state index in [-0.39, 0.29) is 5.82 Å². The normalized spacial score (nSPS) is 14.2. The molecule has 1 aromatic rings. The molecule has 94 valence electrons. The van der Waals surface area contributed by atoms with Crippen molar-refractivity contribution in [3.8, 4) is 0 Å². The Labute approximate surface area is 108 Å². The maximum absolute atomic E-state index is 13.1. The second-order valence-corrected chi connectivity index (χ2v) is 7.26. The first-order valence-electron chi connectivity index (χ1n) is 5.14. The van der Waals surface area contributed by atoms with Crippen LogP contribution in [0.3, 0.4) is 0 Å². The molecule has 0 bridgehead atoms. The molecule has 0 spiro atoms. The molecule has 2 nitrogen and oxygen atoms in total. The molecule has 0 unspecified atom stereocenters. The summed E-state index contributed by atoms with van der Waals surface area (Å²) in [6.45, 7) is 5.55. The molecular weight excluding hydrogens is 257 g/mol. The molecule has 1 rings (SSSR count). The minimum Gasteiger partial charge on any atom is -0.234 e. The molecule has 1 aromatic carbocycles. The van der Waals surface area contributed by atoms with Gasteiger partial charge in [-0.15, -0.1) is 11.8 Å². The molecule has 1 atom stereocenters. The van der Waals surface area contributed by atoms with Crippen molar-refractivity contribution in [3.63, 3.8) is 0 Å². The van der Waals surface area contributed by atoms with E-state index < -0.39 is 15.7 Å². The molecule has 0 aromatic heterocycles. The van der Waals surface area contributed by atoms with Crippen LogP contribution in [0.2, 0.25) is 0 Å². The number of benzene rings is 1. The fourth-order valence-corrected chi connectivity index (χ4v) is 2.15. The summed E-state index contributed by atoms with van der Waals surface area (Å²) in [5, 5.41) is 0. The summed E-state index contributed by atoms with van der Waals surface area (Å²) >= 11 is 1.51. The molecule has 0 aliphatic heterocycles. The van der Waals surface area contributed by atoms with Crippen molar-refractivity contribution < 1.29 is 8.60 Å². The van der Waals surface area contributed by atoms with Crippen LogP contribution in [-0.2, 0) is 11.0 Å². The summed E-state index contributed by atoms with van der Waals surface area (Å²) < 4.78 is 28.4. The molecule has 0 amide bonds. The van der Waals surface area contributed by atoms with Gasteiger partial charge in [0.1, 0.15) is 16.8 Å². The summed E-state index contributed by atoms with van der Waals surface area (Å²) in [5.74, 6) is -0.314. The zero-order chi connectivity index (χ0) is 13.1. The molecule has 0 N–H and O–H groups in total. The van der Waals surface area contributed by atoms with Crippen LogP contribution in [0.15, 0.2) is 27.5 Å². The molecular formula is C12H16FNOS2.